The molecule has 0 aromatic rings. The van der Waals surface area contributed by atoms with Gasteiger partial charge in [0, 0.05) is 39.4 Å². The summed E-state index contributed by atoms with van der Waals surface area (Å²) in [7, 11) is 3.56. The van der Waals surface area contributed by atoms with Crippen molar-refractivity contribution in [2.45, 2.75) is 82.8 Å². The van der Waals surface area contributed by atoms with Crippen LogP contribution in [0, 0.1) is 5.92 Å². The number of carbonyl (C=O) groups excluding carboxylic acids is 1. The predicted octanol–water partition coefficient (Wildman–Crippen LogP) is 3.47. The summed E-state index contributed by atoms with van der Waals surface area (Å²) in [6.07, 6.45) is 8.43. The Balaban J connectivity index is 0.00000240. The van der Waals surface area contributed by atoms with Crippen molar-refractivity contribution >= 4 is 30.8 Å². The van der Waals surface area contributed by atoms with Crippen LogP contribution in [0.25, 0.3) is 0 Å². The number of halogens is 2. The van der Waals surface area contributed by atoms with Crippen molar-refractivity contribution in [2.75, 3.05) is 47.1 Å². The van der Waals surface area contributed by atoms with Crippen molar-refractivity contribution in [1.82, 2.24) is 9.80 Å². The molecule has 3 atom stereocenters. The van der Waals surface area contributed by atoms with Gasteiger partial charge in [0.1, 0.15) is 0 Å². The van der Waals surface area contributed by atoms with E-state index in [9.17, 15) is 4.79 Å². The van der Waals surface area contributed by atoms with Gasteiger partial charge in [-0.05, 0) is 58.3 Å². The lowest BCUT2D eigenvalue weighted by Gasteiger charge is -2.43. The lowest BCUT2D eigenvalue weighted by atomic mass is 9.87. The topological polar surface area (TPSA) is 60.5 Å². The van der Waals surface area contributed by atoms with E-state index >= 15 is 0 Å². The quantitative estimate of drug-likeness (QED) is 0.439. The third-order valence-corrected chi connectivity index (χ3v) is 6.71. The van der Waals surface area contributed by atoms with Crippen molar-refractivity contribution in [3.8, 4) is 0 Å². The normalized spacial score (nSPS) is 30.4. The van der Waals surface area contributed by atoms with Crippen LogP contribution in [-0.2, 0) is 23.7 Å². The van der Waals surface area contributed by atoms with E-state index in [4.69, 9.17) is 18.9 Å². The molecule has 3 fully saturated rings. The van der Waals surface area contributed by atoms with Gasteiger partial charge in [-0.3, -0.25) is 14.6 Å². The fourth-order valence-electron chi connectivity index (χ4n) is 5.24. The van der Waals surface area contributed by atoms with Gasteiger partial charge in [-0.1, -0.05) is 0 Å². The molecule has 1 unspecified atom stereocenters. The minimum atomic E-state index is -0.0399. The molecule has 2 saturated heterocycles. The number of ether oxygens (including phenoxy) is 4. The van der Waals surface area contributed by atoms with Crippen LogP contribution in [0.2, 0.25) is 0 Å². The van der Waals surface area contributed by atoms with E-state index in [1.54, 1.807) is 14.2 Å². The van der Waals surface area contributed by atoms with Gasteiger partial charge in [0.25, 0.3) is 0 Å². The fourth-order valence-corrected chi connectivity index (χ4v) is 5.24. The third kappa shape index (κ3) is 7.70. The molecule has 3 aliphatic rings. The Bertz CT molecular complexity index is 488. The lowest BCUT2D eigenvalue weighted by molar-refractivity contribution is -0.204. The summed E-state index contributed by atoms with van der Waals surface area (Å²) in [6, 6.07) is 0.725. The Hall–Kier alpha value is -0.150. The lowest BCUT2D eigenvalue weighted by Crippen LogP contribution is -2.57. The van der Waals surface area contributed by atoms with Gasteiger partial charge in [0.05, 0.1) is 31.8 Å². The van der Waals surface area contributed by atoms with Crippen molar-refractivity contribution in [1.29, 1.82) is 0 Å². The highest BCUT2D eigenvalue weighted by atomic mass is 35.5. The summed E-state index contributed by atoms with van der Waals surface area (Å²) >= 11 is 0. The molecule has 2 heterocycles. The van der Waals surface area contributed by atoms with Gasteiger partial charge < -0.3 is 18.9 Å². The Kier molecular flexibility index (Phi) is 13.9. The molecule has 9 heteroatoms. The second-order valence-electron chi connectivity index (χ2n) is 8.67. The number of methoxy groups -OCH3 is 2. The van der Waals surface area contributed by atoms with E-state index in [0.717, 1.165) is 64.8 Å². The number of carbonyl (C=O) groups is 1. The van der Waals surface area contributed by atoms with Crippen molar-refractivity contribution in [3.63, 3.8) is 0 Å². The summed E-state index contributed by atoms with van der Waals surface area (Å²) in [5.74, 6) is -0.00351. The summed E-state index contributed by atoms with van der Waals surface area (Å²) in [5, 5.41) is 0. The number of rotatable bonds is 10. The van der Waals surface area contributed by atoms with Gasteiger partial charge in [-0.15, -0.1) is 24.8 Å². The number of hydrogen-bond donors (Lipinski definition) is 0. The Morgan fingerprint density at radius 1 is 0.903 bits per heavy atom. The van der Waals surface area contributed by atoms with Crippen LogP contribution in [0.3, 0.4) is 0 Å². The summed E-state index contributed by atoms with van der Waals surface area (Å²) in [6.45, 7) is 5.95. The van der Waals surface area contributed by atoms with Crippen molar-refractivity contribution in [2.24, 2.45) is 5.92 Å². The molecule has 3 rings (SSSR count). The molecular formula is C22H42Cl2N2O5. The number of nitrogens with zero attached hydrogens (tertiary/aromatic N) is 2. The smallest absolute Gasteiger partial charge is 0.308 e. The van der Waals surface area contributed by atoms with Crippen molar-refractivity contribution < 1.29 is 23.7 Å². The van der Waals surface area contributed by atoms with Crippen LogP contribution >= 0.6 is 24.8 Å². The van der Waals surface area contributed by atoms with Gasteiger partial charge in [0.15, 0.2) is 6.35 Å². The number of esters is 1. The van der Waals surface area contributed by atoms with Gasteiger partial charge in [0.2, 0.25) is 0 Å². The summed E-state index contributed by atoms with van der Waals surface area (Å²) in [4.78, 5) is 17.1. The Morgan fingerprint density at radius 3 is 1.94 bits per heavy atom. The highest BCUT2D eigenvalue weighted by molar-refractivity contribution is 5.85. The molecular weight excluding hydrogens is 443 g/mol. The summed E-state index contributed by atoms with van der Waals surface area (Å²) in [5.41, 5.74) is 0. The molecule has 0 spiro atoms. The molecule has 7 nitrogen and oxygen atoms in total. The van der Waals surface area contributed by atoms with E-state index in [1.165, 1.54) is 12.8 Å². The molecule has 0 amide bonds. The highest BCUT2D eigenvalue weighted by Gasteiger charge is 2.43. The molecule has 0 bridgehead atoms. The van der Waals surface area contributed by atoms with Crippen molar-refractivity contribution in [3.05, 3.63) is 0 Å². The Labute approximate surface area is 200 Å². The van der Waals surface area contributed by atoms with E-state index in [1.807, 2.05) is 6.92 Å². The molecule has 1 saturated carbocycles. The predicted molar refractivity (Wildman–Crippen MR) is 125 cm³/mol. The maximum Gasteiger partial charge on any atom is 0.308 e. The van der Waals surface area contributed by atoms with Crippen LogP contribution in [-0.4, -0.2) is 87.4 Å². The standard InChI is InChI=1S/C22H40N2O5.2ClH/c1-4-28-21(25)17-7-11-20(12-8-17)29-22(23-13-5-6-14-23)24-18(15-26-2)9-10-19(24)16-27-3;;/h17-20,22H,4-16H2,1-3H3;2*1H/t17?,18-,19-,20?,22?;;/m1../s1. The number of hydrogen-bond acceptors (Lipinski definition) is 7. The minimum Gasteiger partial charge on any atom is -0.466 e. The average molecular weight is 485 g/mol. The maximum absolute atomic E-state index is 12.1. The first-order valence-corrected chi connectivity index (χ1v) is 11.5. The molecule has 31 heavy (non-hydrogen) atoms. The molecule has 1 aliphatic carbocycles. The second-order valence-corrected chi connectivity index (χ2v) is 8.67. The largest absolute Gasteiger partial charge is 0.466 e. The Morgan fingerprint density at radius 2 is 1.45 bits per heavy atom. The van der Waals surface area contributed by atoms with E-state index in [-0.39, 0.29) is 49.2 Å². The first kappa shape index (κ1) is 28.9. The summed E-state index contributed by atoms with van der Waals surface area (Å²) < 4.78 is 23.1. The fraction of sp³-hybridized carbons (Fsp3) is 0.955. The molecule has 2 aliphatic heterocycles. The van der Waals surface area contributed by atoms with Gasteiger partial charge >= 0.3 is 5.97 Å². The van der Waals surface area contributed by atoms with Crippen LogP contribution in [0.15, 0.2) is 0 Å². The number of likely N-dealkylation sites (tertiary alicyclic amines) is 2. The maximum atomic E-state index is 12.1. The van der Waals surface area contributed by atoms with Crippen LogP contribution in [0.1, 0.15) is 58.3 Å². The SMILES string of the molecule is CCOC(=O)C1CCC(OC(N2CCCC2)N2[C@@H](COC)CC[C@@H]2COC)CC1.Cl.Cl. The highest BCUT2D eigenvalue weighted by Crippen LogP contribution is 2.34. The van der Waals surface area contributed by atoms with Gasteiger partial charge in [-0.2, -0.15) is 0 Å². The second kappa shape index (κ2) is 14.9. The van der Waals surface area contributed by atoms with Crippen LogP contribution in [0.5, 0.6) is 0 Å². The van der Waals surface area contributed by atoms with Crippen LogP contribution in [0.4, 0.5) is 0 Å². The zero-order valence-corrected chi connectivity index (χ0v) is 21.0. The van der Waals surface area contributed by atoms with Crippen LogP contribution < -0.4 is 0 Å². The molecule has 0 radical (unpaired) electrons. The monoisotopic (exact) mass is 484 g/mol. The molecule has 0 N–H and O–H groups in total. The zero-order valence-electron chi connectivity index (χ0n) is 19.3. The zero-order chi connectivity index (χ0) is 20.6. The average Bonchev–Trinajstić information content (AvgIpc) is 3.38. The minimum absolute atomic E-state index is 0. The molecule has 184 valence electrons. The first-order valence-electron chi connectivity index (χ1n) is 11.5. The molecule has 0 aromatic heterocycles. The first-order chi connectivity index (χ1) is 14.2. The third-order valence-electron chi connectivity index (χ3n) is 6.71. The van der Waals surface area contributed by atoms with E-state index in [0.29, 0.717) is 18.7 Å². The van der Waals surface area contributed by atoms with Gasteiger partial charge in [-0.25, -0.2) is 0 Å². The van der Waals surface area contributed by atoms with E-state index < -0.39 is 0 Å². The molecule has 0 aromatic carbocycles. The van der Waals surface area contributed by atoms with E-state index in [2.05, 4.69) is 9.80 Å².